The molecular formula is C17H19F3N2O3. The summed E-state index contributed by atoms with van der Waals surface area (Å²) >= 11 is 0. The van der Waals surface area contributed by atoms with Gasteiger partial charge in [-0.3, -0.25) is 4.90 Å². The Labute approximate surface area is 143 Å². The number of ether oxygens (including phenoxy) is 1. The van der Waals surface area contributed by atoms with E-state index < -0.39 is 29.8 Å². The van der Waals surface area contributed by atoms with Gasteiger partial charge in [0.25, 0.3) is 0 Å². The van der Waals surface area contributed by atoms with Gasteiger partial charge in [0.2, 0.25) is 0 Å². The number of alkyl halides is 3. The number of nitrogens with zero attached hydrogens (tertiary/aromatic N) is 1. The number of carbonyl (C=O) groups excluding carboxylic acids is 2. The highest BCUT2D eigenvalue weighted by molar-refractivity contribution is 5.95. The van der Waals surface area contributed by atoms with Crippen molar-refractivity contribution in [3.8, 4) is 0 Å². The molecule has 0 aliphatic carbocycles. The van der Waals surface area contributed by atoms with Crippen LogP contribution in [0.4, 0.5) is 18.0 Å². The average Bonchev–Trinajstić information content (AvgIpc) is 2.52. The van der Waals surface area contributed by atoms with Crippen LogP contribution in [0.3, 0.4) is 0 Å². The minimum Gasteiger partial charge on any atom is -0.466 e. The summed E-state index contributed by atoms with van der Waals surface area (Å²) in [4.78, 5) is 26.0. The molecule has 1 aliphatic rings. The molecule has 0 radical (unpaired) electrons. The van der Waals surface area contributed by atoms with Crippen LogP contribution in [-0.4, -0.2) is 30.1 Å². The minimum atomic E-state index is -4.62. The van der Waals surface area contributed by atoms with Gasteiger partial charge < -0.3 is 10.1 Å². The van der Waals surface area contributed by atoms with Crippen molar-refractivity contribution in [1.82, 2.24) is 10.2 Å². The van der Waals surface area contributed by atoms with E-state index in [9.17, 15) is 22.8 Å². The topological polar surface area (TPSA) is 58.6 Å². The van der Waals surface area contributed by atoms with Crippen LogP contribution in [0.25, 0.3) is 0 Å². The number of urea groups is 1. The summed E-state index contributed by atoms with van der Waals surface area (Å²) in [6.07, 6.45) is -4.62. The average molecular weight is 356 g/mol. The molecule has 0 fully saturated rings. The summed E-state index contributed by atoms with van der Waals surface area (Å²) in [6, 6.07) is 2.75. The van der Waals surface area contributed by atoms with Gasteiger partial charge in [0, 0.05) is 11.7 Å². The monoisotopic (exact) mass is 356 g/mol. The lowest BCUT2D eigenvalue weighted by atomic mass is 9.91. The first-order valence-electron chi connectivity index (χ1n) is 7.64. The fourth-order valence-electron chi connectivity index (χ4n) is 2.99. The lowest BCUT2D eigenvalue weighted by Gasteiger charge is -2.38. The van der Waals surface area contributed by atoms with Gasteiger partial charge in [0.1, 0.15) is 0 Å². The standard InChI is InChI=1S/C17H19F3N2O3/c1-9(2)22-10(3)13(15(23)25-4)14(21-16(22)24)11-7-5-6-8-12(11)17(18,19)20/h5-9,14H,1-4H3,(H,21,24)/t14-/m0/s1. The number of halogens is 3. The van der Waals surface area contributed by atoms with Crippen molar-refractivity contribution in [2.24, 2.45) is 0 Å². The minimum absolute atomic E-state index is 0.0208. The van der Waals surface area contributed by atoms with E-state index in [1.165, 1.54) is 30.0 Å². The van der Waals surface area contributed by atoms with E-state index in [1.807, 2.05) is 0 Å². The van der Waals surface area contributed by atoms with Crippen molar-refractivity contribution in [3.05, 3.63) is 46.7 Å². The van der Waals surface area contributed by atoms with Crippen molar-refractivity contribution >= 4 is 12.0 Å². The molecule has 0 saturated heterocycles. The van der Waals surface area contributed by atoms with Crippen molar-refractivity contribution in [2.75, 3.05) is 7.11 Å². The van der Waals surface area contributed by atoms with Crippen LogP contribution in [0, 0.1) is 0 Å². The number of hydrogen-bond acceptors (Lipinski definition) is 3. The molecule has 1 atom stereocenters. The molecule has 1 heterocycles. The van der Waals surface area contributed by atoms with Crippen LogP contribution in [0.1, 0.15) is 37.9 Å². The molecule has 136 valence electrons. The van der Waals surface area contributed by atoms with Gasteiger partial charge in [-0.15, -0.1) is 0 Å². The Bertz CT molecular complexity index is 726. The Kier molecular flexibility index (Phi) is 5.10. The highest BCUT2D eigenvalue weighted by Crippen LogP contribution is 2.39. The number of benzene rings is 1. The molecule has 1 aromatic carbocycles. The summed E-state index contributed by atoms with van der Waals surface area (Å²) < 4.78 is 44.8. The molecule has 0 spiro atoms. The van der Waals surface area contributed by atoms with Crippen molar-refractivity contribution < 1.29 is 27.5 Å². The third kappa shape index (κ3) is 3.47. The number of hydrogen-bond donors (Lipinski definition) is 1. The lowest BCUT2D eigenvalue weighted by Crippen LogP contribution is -2.50. The number of esters is 1. The Morgan fingerprint density at radius 2 is 1.88 bits per heavy atom. The molecule has 2 amide bonds. The van der Waals surface area contributed by atoms with Crippen LogP contribution in [0.5, 0.6) is 0 Å². The summed E-state index contributed by atoms with van der Waals surface area (Å²) in [5, 5.41) is 2.50. The zero-order chi connectivity index (χ0) is 18.9. The summed E-state index contributed by atoms with van der Waals surface area (Å²) in [5.74, 6) is -0.787. The van der Waals surface area contributed by atoms with Crippen molar-refractivity contribution in [3.63, 3.8) is 0 Å². The van der Waals surface area contributed by atoms with Gasteiger partial charge >= 0.3 is 18.2 Å². The van der Waals surface area contributed by atoms with Gasteiger partial charge in [-0.2, -0.15) is 13.2 Å². The molecule has 0 saturated carbocycles. The van der Waals surface area contributed by atoms with Gasteiger partial charge in [-0.25, -0.2) is 9.59 Å². The van der Waals surface area contributed by atoms with E-state index in [0.717, 1.165) is 13.2 Å². The summed E-state index contributed by atoms with van der Waals surface area (Å²) in [6.45, 7) is 5.00. The zero-order valence-electron chi connectivity index (χ0n) is 14.3. The second kappa shape index (κ2) is 6.78. The van der Waals surface area contributed by atoms with E-state index in [0.29, 0.717) is 0 Å². The second-order valence-corrected chi connectivity index (χ2v) is 5.92. The Hall–Kier alpha value is -2.51. The SMILES string of the molecule is COC(=O)C1=C(C)N(C(C)C)C(=O)N[C@H]1c1ccccc1C(F)(F)F. The maximum absolute atomic E-state index is 13.4. The molecule has 8 heteroatoms. The normalized spacial score (nSPS) is 18.5. The fourth-order valence-corrected chi connectivity index (χ4v) is 2.99. The van der Waals surface area contributed by atoms with Gasteiger partial charge in [0.05, 0.1) is 24.3 Å². The van der Waals surface area contributed by atoms with Crippen molar-refractivity contribution in [1.29, 1.82) is 0 Å². The molecule has 25 heavy (non-hydrogen) atoms. The maximum atomic E-state index is 13.4. The van der Waals surface area contributed by atoms with Crippen LogP contribution in [0.15, 0.2) is 35.5 Å². The quantitative estimate of drug-likeness (QED) is 0.842. The number of allylic oxidation sites excluding steroid dienone is 1. The zero-order valence-corrected chi connectivity index (χ0v) is 14.3. The van der Waals surface area contributed by atoms with Gasteiger partial charge in [-0.1, -0.05) is 18.2 Å². The highest BCUT2D eigenvalue weighted by atomic mass is 19.4. The maximum Gasteiger partial charge on any atom is 0.416 e. The lowest BCUT2D eigenvalue weighted by molar-refractivity contribution is -0.140. The first-order valence-corrected chi connectivity index (χ1v) is 7.64. The number of carbonyl (C=O) groups is 2. The van der Waals surface area contributed by atoms with Crippen molar-refractivity contribution in [2.45, 2.75) is 39.0 Å². The van der Waals surface area contributed by atoms with Gasteiger partial charge in [0.15, 0.2) is 0 Å². The van der Waals surface area contributed by atoms with Crippen LogP contribution >= 0.6 is 0 Å². The van der Waals surface area contributed by atoms with Crippen LogP contribution in [0.2, 0.25) is 0 Å². The highest BCUT2D eigenvalue weighted by Gasteiger charge is 2.42. The Balaban J connectivity index is 2.69. The number of nitrogens with one attached hydrogen (secondary N) is 1. The third-order valence-corrected chi connectivity index (χ3v) is 4.03. The fraction of sp³-hybridized carbons (Fsp3) is 0.412. The first-order chi connectivity index (χ1) is 11.6. The smallest absolute Gasteiger partial charge is 0.416 e. The Morgan fingerprint density at radius 1 is 1.28 bits per heavy atom. The van der Waals surface area contributed by atoms with Crippen LogP contribution < -0.4 is 5.32 Å². The van der Waals surface area contributed by atoms with E-state index in [1.54, 1.807) is 13.8 Å². The van der Waals surface area contributed by atoms with E-state index in [-0.39, 0.29) is 22.9 Å². The molecule has 1 N–H and O–H groups in total. The number of methoxy groups -OCH3 is 1. The van der Waals surface area contributed by atoms with Gasteiger partial charge in [-0.05, 0) is 32.4 Å². The molecule has 0 aromatic heterocycles. The molecule has 2 rings (SSSR count). The van der Waals surface area contributed by atoms with E-state index in [4.69, 9.17) is 4.74 Å². The largest absolute Gasteiger partial charge is 0.466 e. The first kappa shape index (κ1) is 18.8. The molecular weight excluding hydrogens is 337 g/mol. The molecule has 1 aromatic rings. The molecule has 5 nitrogen and oxygen atoms in total. The second-order valence-electron chi connectivity index (χ2n) is 5.92. The van der Waals surface area contributed by atoms with E-state index in [2.05, 4.69) is 5.32 Å². The van der Waals surface area contributed by atoms with E-state index >= 15 is 0 Å². The summed E-state index contributed by atoms with van der Waals surface area (Å²) in [5.41, 5.74) is -0.862. The third-order valence-electron chi connectivity index (χ3n) is 4.03. The number of rotatable bonds is 3. The molecule has 0 bridgehead atoms. The predicted octanol–water partition coefficient (Wildman–Crippen LogP) is 3.63. The van der Waals surface area contributed by atoms with Crippen LogP contribution in [-0.2, 0) is 15.7 Å². The predicted molar refractivity (Wildman–Crippen MR) is 84.4 cm³/mol. The summed E-state index contributed by atoms with van der Waals surface area (Å²) in [7, 11) is 1.14. The number of amides is 2. The molecule has 1 aliphatic heterocycles. The Morgan fingerprint density at radius 3 is 2.40 bits per heavy atom. The molecule has 0 unspecified atom stereocenters.